The summed E-state index contributed by atoms with van der Waals surface area (Å²) < 4.78 is 5.94. The highest BCUT2D eigenvalue weighted by atomic mass is 35.5. The lowest BCUT2D eigenvalue weighted by molar-refractivity contribution is 0.207. The number of amides is 2. The predicted molar refractivity (Wildman–Crippen MR) is 110 cm³/mol. The first-order chi connectivity index (χ1) is 13.7. The summed E-state index contributed by atoms with van der Waals surface area (Å²) in [6.45, 7) is 0.703. The number of pyridine rings is 1. The third-order valence-electron chi connectivity index (χ3n) is 4.76. The molecular formula is C22H20ClN3O2. The number of hydrogen-bond donors (Lipinski definition) is 1. The second-order valence-electron chi connectivity index (χ2n) is 6.62. The Morgan fingerprint density at radius 2 is 1.89 bits per heavy atom. The van der Waals surface area contributed by atoms with Gasteiger partial charge in [-0.3, -0.25) is 4.98 Å². The number of para-hydroxylation sites is 1. The Morgan fingerprint density at radius 1 is 1.11 bits per heavy atom. The molecule has 1 saturated heterocycles. The van der Waals surface area contributed by atoms with Gasteiger partial charge >= 0.3 is 6.03 Å². The van der Waals surface area contributed by atoms with Crippen molar-refractivity contribution in [1.82, 2.24) is 9.88 Å². The minimum Gasteiger partial charge on any atom is -0.455 e. The number of urea groups is 1. The van der Waals surface area contributed by atoms with E-state index in [1.807, 2.05) is 47.4 Å². The summed E-state index contributed by atoms with van der Waals surface area (Å²) in [6.07, 6.45) is 5.41. The van der Waals surface area contributed by atoms with E-state index in [0.29, 0.717) is 28.8 Å². The number of ether oxygens (including phenoxy) is 1. The van der Waals surface area contributed by atoms with Gasteiger partial charge in [-0.2, -0.15) is 0 Å². The third kappa shape index (κ3) is 4.10. The number of carbonyl (C=O) groups excluding carboxylic acids is 1. The molecule has 0 saturated carbocycles. The Balaban J connectivity index is 1.55. The normalized spacial score (nSPS) is 16.0. The number of nitrogens with one attached hydrogen (secondary N) is 1. The Labute approximate surface area is 168 Å². The second-order valence-corrected chi connectivity index (χ2v) is 7.05. The van der Waals surface area contributed by atoms with Gasteiger partial charge in [0.25, 0.3) is 0 Å². The molecule has 1 atom stereocenters. The van der Waals surface area contributed by atoms with Crippen LogP contribution < -0.4 is 10.1 Å². The Kier molecular flexibility index (Phi) is 5.44. The van der Waals surface area contributed by atoms with Crippen LogP contribution >= 0.6 is 11.6 Å². The zero-order valence-corrected chi connectivity index (χ0v) is 16.0. The maximum atomic E-state index is 13.0. The second kappa shape index (κ2) is 8.31. The molecular weight excluding hydrogens is 374 g/mol. The van der Waals surface area contributed by atoms with E-state index in [0.717, 1.165) is 18.4 Å². The van der Waals surface area contributed by atoms with E-state index in [4.69, 9.17) is 16.3 Å². The summed E-state index contributed by atoms with van der Waals surface area (Å²) in [5, 5.41) is 3.51. The third-order valence-corrected chi connectivity index (χ3v) is 4.99. The largest absolute Gasteiger partial charge is 0.455 e. The highest BCUT2D eigenvalue weighted by Crippen LogP contribution is 2.35. The maximum absolute atomic E-state index is 13.0. The standard InChI is InChI=1S/C22H20ClN3O2/c23-17-8-9-21(28-18-5-2-1-3-6-18)19(15-17)25-22(27)26-14-4-7-20(26)16-10-12-24-13-11-16/h1-3,5-6,8-13,15,20H,4,7,14H2,(H,25,27). The molecule has 1 aliphatic heterocycles. The molecule has 5 nitrogen and oxygen atoms in total. The van der Waals surface area contributed by atoms with Gasteiger partial charge in [-0.15, -0.1) is 0 Å². The highest BCUT2D eigenvalue weighted by molar-refractivity contribution is 6.31. The van der Waals surface area contributed by atoms with Crippen LogP contribution in [0.25, 0.3) is 0 Å². The number of aromatic nitrogens is 1. The molecule has 2 amide bonds. The van der Waals surface area contributed by atoms with Crippen LogP contribution in [0, 0.1) is 0 Å². The molecule has 2 aromatic carbocycles. The molecule has 1 aliphatic rings. The summed E-state index contributed by atoms with van der Waals surface area (Å²) in [7, 11) is 0. The van der Waals surface area contributed by atoms with Crippen LogP contribution in [0.1, 0.15) is 24.4 Å². The first kappa shape index (κ1) is 18.3. The number of benzene rings is 2. The van der Waals surface area contributed by atoms with Crippen molar-refractivity contribution in [3.63, 3.8) is 0 Å². The SMILES string of the molecule is O=C(Nc1cc(Cl)ccc1Oc1ccccc1)N1CCCC1c1ccncc1. The van der Waals surface area contributed by atoms with E-state index < -0.39 is 0 Å². The monoisotopic (exact) mass is 393 g/mol. The lowest BCUT2D eigenvalue weighted by atomic mass is 10.1. The molecule has 3 aromatic rings. The Bertz CT molecular complexity index is 951. The average Bonchev–Trinajstić information content (AvgIpc) is 3.22. The molecule has 1 N–H and O–H groups in total. The summed E-state index contributed by atoms with van der Waals surface area (Å²) in [6, 6.07) is 18.4. The van der Waals surface area contributed by atoms with Crippen LogP contribution in [0.15, 0.2) is 73.1 Å². The summed E-state index contributed by atoms with van der Waals surface area (Å²) in [5.41, 5.74) is 1.64. The van der Waals surface area contributed by atoms with Crippen molar-refractivity contribution in [1.29, 1.82) is 0 Å². The number of likely N-dealkylation sites (tertiary alicyclic amines) is 1. The number of anilines is 1. The van der Waals surface area contributed by atoms with Crippen molar-refractivity contribution >= 4 is 23.3 Å². The topological polar surface area (TPSA) is 54.5 Å². The zero-order valence-electron chi connectivity index (χ0n) is 15.2. The summed E-state index contributed by atoms with van der Waals surface area (Å²) >= 11 is 6.16. The fraction of sp³-hybridized carbons (Fsp3) is 0.182. The lowest BCUT2D eigenvalue weighted by Crippen LogP contribution is -2.34. The Hall–Kier alpha value is -3.05. The summed E-state index contributed by atoms with van der Waals surface area (Å²) in [4.78, 5) is 18.9. The quantitative estimate of drug-likeness (QED) is 0.600. The van der Waals surface area contributed by atoms with Crippen molar-refractivity contribution in [2.45, 2.75) is 18.9 Å². The van der Waals surface area contributed by atoms with Crippen LogP contribution in [-0.2, 0) is 0 Å². The van der Waals surface area contributed by atoms with Gasteiger partial charge in [0.15, 0.2) is 5.75 Å². The maximum Gasteiger partial charge on any atom is 0.322 e. The van der Waals surface area contributed by atoms with E-state index in [-0.39, 0.29) is 12.1 Å². The molecule has 2 heterocycles. The number of nitrogens with zero attached hydrogens (tertiary/aromatic N) is 2. The molecule has 28 heavy (non-hydrogen) atoms. The van der Waals surface area contributed by atoms with Crippen molar-refractivity contribution in [3.05, 3.63) is 83.6 Å². The van der Waals surface area contributed by atoms with Gasteiger partial charge in [-0.1, -0.05) is 29.8 Å². The highest BCUT2D eigenvalue weighted by Gasteiger charge is 2.30. The average molecular weight is 394 g/mol. The van der Waals surface area contributed by atoms with E-state index in [9.17, 15) is 4.79 Å². The van der Waals surface area contributed by atoms with Crippen LogP contribution in [0.2, 0.25) is 5.02 Å². The number of rotatable bonds is 4. The van der Waals surface area contributed by atoms with Gasteiger partial charge in [0.1, 0.15) is 5.75 Å². The fourth-order valence-electron chi connectivity index (χ4n) is 3.43. The zero-order chi connectivity index (χ0) is 19.3. The molecule has 1 fully saturated rings. The first-order valence-corrected chi connectivity index (χ1v) is 9.58. The predicted octanol–water partition coefficient (Wildman–Crippen LogP) is 5.90. The van der Waals surface area contributed by atoms with Crippen LogP contribution in [-0.4, -0.2) is 22.5 Å². The van der Waals surface area contributed by atoms with Gasteiger partial charge in [0, 0.05) is 24.0 Å². The van der Waals surface area contributed by atoms with E-state index in [2.05, 4.69) is 10.3 Å². The minimum absolute atomic E-state index is 0.0423. The molecule has 0 radical (unpaired) electrons. The van der Waals surface area contributed by atoms with E-state index >= 15 is 0 Å². The minimum atomic E-state index is -0.167. The number of halogens is 1. The van der Waals surface area contributed by atoms with Crippen molar-refractivity contribution < 1.29 is 9.53 Å². The first-order valence-electron chi connectivity index (χ1n) is 9.21. The van der Waals surface area contributed by atoms with E-state index in [1.54, 1.807) is 30.6 Å². The fourth-order valence-corrected chi connectivity index (χ4v) is 3.61. The lowest BCUT2D eigenvalue weighted by Gasteiger charge is -2.25. The summed E-state index contributed by atoms with van der Waals surface area (Å²) in [5.74, 6) is 1.24. The molecule has 1 aromatic heterocycles. The van der Waals surface area contributed by atoms with E-state index in [1.165, 1.54) is 0 Å². The van der Waals surface area contributed by atoms with Gasteiger partial charge in [0.2, 0.25) is 0 Å². The molecule has 142 valence electrons. The van der Waals surface area contributed by atoms with Gasteiger partial charge in [-0.25, -0.2) is 4.79 Å². The number of carbonyl (C=O) groups is 1. The van der Waals surface area contributed by atoms with Crippen molar-refractivity contribution in [2.24, 2.45) is 0 Å². The van der Waals surface area contributed by atoms with Gasteiger partial charge in [0.05, 0.1) is 11.7 Å². The Morgan fingerprint density at radius 3 is 2.68 bits per heavy atom. The molecule has 1 unspecified atom stereocenters. The van der Waals surface area contributed by atoms with Gasteiger partial charge < -0.3 is 15.0 Å². The van der Waals surface area contributed by atoms with Crippen molar-refractivity contribution in [3.8, 4) is 11.5 Å². The molecule has 0 spiro atoms. The smallest absolute Gasteiger partial charge is 0.322 e. The van der Waals surface area contributed by atoms with Crippen LogP contribution in [0.5, 0.6) is 11.5 Å². The molecule has 0 aliphatic carbocycles. The molecule has 4 rings (SSSR count). The van der Waals surface area contributed by atoms with Crippen molar-refractivity contribution in [2.75, 3.05) is 11.9 Å². The van der Waals surface area contributed by atoms with Crippen LogP contribution in [0.3, 0.4) is 0 Å². The van der Waals surface area contributed by atoms with Gasteiger partial charge in [-0.05, 0) is 60.9 Å². The molecule has 6 heteroatoms. The van der Waals surface area contributed by atoms with Crippen LogP contribution in [0.4, 0.5) is 10.5 Å². The number of hydrogen-bond acceptors (Lipinski definition) is 3. The molecule has 0 bridgehead atoms.